The highest BCUT2D eigenvalue weighted by atomic mass is 16.7. The molecule has 0 aliphatic carbocycles. The van der Waals surface area contributed by atoms with Crippen molar-refractivity contribution in [3.05, 3.63) is 90.0 Å². The summed E-state index contributed by atoms with van der Waals surface area (Å²) in [6.45, 7) is 0.309. The molecule has 3 nitrogen and oxygen atoms in total. The van der Waals surface area contributed by atoms with Gasteiger partial charge < -0.3 is 14.8 Å². The van der Waals surface area contributed by atoms with Crippen molar-refractivity contribution in [1.29, 1.82) is 0 Å². The fourth-order valence-corrected chi connectivity index (χ4v) is 2.98. The Kier molecular flexibility index (Phi) is 4.07. The van der Waals surface area contributed by atoms with E-state index in [-0.39, 0.29) is 6.04 Å². The van der Waals surface area contributed by atoms with Crippen molar-refractivity contribution in [2.75, 3.05) is 12.1 Å². The Morgan fingerprint density at radius 2 is 1.50 bits per heavy atom. The van der Waals surface area contributed by atoms with E-state index in [1.807, 2.05) is 30.3 Å². The van der Waals surface area contributed by atoms with Gasteiger partial charge >= 0.3 is 0 Å². The van der Waals surface area contributed by atoms with E-state index in [2.05, 4.69) is 53.8 Å². The van der Waals surface area contributed by atoms with Crippen LogP contribution < -0.4 is 14.8 Å². The van der Waals surface area contributed by atoms with Crippen LogP contribution in [0.2, 0.25) is 0 Å². The second-order valence-corrected chi connectivity index (χ2v) is 5.87. The molecule has 0 amide bonds. The third-order valence-electron chi connectivity index (χ3n) is 4.19. The summed E-state index contributed by atoms with van der Waals surface area (Å²) in [5, 5.41) is 3.64. The SMILES string of the molecule is c1ccc(NC(Cc2ccc3c(c2)OCO3)c2ccccc2)cc1. The number of fused-ring (bicyclic) bond motifs is 1. The third kappa shape index (κ3) is 3.20. The van der Waals surface area contributed by atoms with Crippen molar-refractivity contribution >= 4 is 5.69 Å². The Labute approximate surface area is 141 Å². The van der Waals surface area contributed by atoms with Gasteiger partial charge in [0.2, 0.25) is 6.79 Å². The zero-order valence-corrected chi connectivity index (χ0v) is 13.3. The minimum absolute atomic E-state index is 0.189. The molecule has 0 bridgehead atoms. The number of rotatable bonds is 5. The van der Waals surface area contributed by atoms with Crippen molar-refractivity contribution in [3.63, 3.8) is 0 Å². The maximum absolute atomic E-state index is 5.50. The molecular weight excluding hydrogens is 298 g/mol. The molecule has 24 heavy (non-hydrogen) atoms. The Morgan fingerprint density at radius 1 is 0.792 bits per heavy atom. The van der Waals surface area contributed by atoms with Gasteiger partial charge in [0, 0.05) is 5.69 Å². The van der Waals surface area contributed by atoms with Crippen molar-refractivity contribution in [3.8, 4) is 11.5 Å². The molecule has 1 unspecified atom stereocenters. The van der Waals surface area contributed by atoms with Gasteiger partial charge in [-0.25, -0.2) is 0 Å². The molecule has 0 saturated heterocycles. The minimum Gasteiger partial charge on any atom is -0.454 e. The van der Waals surface area contributed by atoms with Gasteiger partial charge in [0.1, 0.15) is 0 Å². The molecule has 1 heterocycles. The van der Waals surface area contributed by atoms with Gasteiger partial charge in [-0.2, -0.15) is 0 Å². The number of ether oxygens (including phenoxy) is 2. The maximum atomic E-state index is 5.50. The zero-order chi connectivity index (χ0) is 16.2. The molecule has 1 aliphatic rings. The predicted molar refractivity (Wildman–Crippen MR) is 95.5 cm³/mol. The highest BCUT2D eigenvalue weighted by Gasteiger charge is 2.17. The summed E-state index contributed by atoms with van der Waals surface area (Å²) in [5.74, 6) is 1.66. The van der Waals surface area contributed by atoms with Crippen molar-refractivity contribution in [2.24, 2.45) is 0 Å². The van der Waals surface area contributed by atoms with E-state index in [1.165, 1.54) is 11.1 Å². The summed E-state index contributed by atoms with van der Waals surface area (Å²) in [6, 6.07) is 27.2. The number of benzene rings is 3. The van der Waals surface area contributed by atoms with Gasteiger partial charge in [-0.3, -0.25) is 0 Å². The van der Waals surface area contributed by atoms with Crippen LogP contribution in [0.5, 0.6) is 11.5 Å². The molecule has 0 saturated carbocycles. The molecule has 3 aromatic carbocycles. The largest absolute Gasteiger partial charge is 0.454 e. The van der Waals surface area contributed by atoms with Crippen LogP contribution in [0.4, 0.5) is 5.69 Å². The summed E-state index contributed by atoms with van der Waals surface area (Å²) in [6.07, 6.45) is 0.871. The first-order valence-electron chi connectivity index (χ1n) is 8.13. The summed E-state index contributed by atoms with van der Waals surface area (Å²) >= 11 is 0. The second-order valence-electron chi connectivity index (χ2n) is 5.87. The fourth-order valence-electron chi connectivity index (χ4n) is 2.98. The van der Waals surface area contributed by atoms with Crippen LogP contribution in [0.25, 0.3) is 0 Å². The van der Waals surface area contributed by atoms with Crippen molar-refractivity contribution in [1.82, 2.24) is 0 Å². The van der Waals surface area contributed by atoms with E-state index in [9.17, 15) is 0 Å². The first-order chi connectivity index (χ1) is 11.9. The van der Waals surface area contributed by atoms with Crippen LogP contribution in [0, 0.1) is 0 Å². The lowest BCUT2D eigenvalue weighted by molar-refractivity contribution is 0.174. The number of anilines is 1. The van der Waals surface area contributed by atoms with E-state index in [1.54, 1.807) is 0 Å². The van der Waals surface area contributed by atoms with Crippen LogP contribution in [-0.4, -0.2) is 6.79 Å². The smallest absolute Gasteiger partial charge is 0.231 e. The Balaban J connectivity index is 1.60. The van der Waals surface area contributed by atoms with E-state index in [0.29, 0.717) is 6.79 Å². The van der Waals surface area contributed by atoms with Crippen LogP contribution >= 0.6 is 0 Å². The Bertz CT molecular complexity index is 803. The number of hydrogen-bond donors (Lipinski definition) is 1. The molecule has 3 aromatic rings. The molecular formula is C21H19NO2. The van der Waals surface area contributed by atoms with Crippen LogP contribution in [-0.2, 0) is 6.42 Å². The lowest BCUT2D eigenvalue weighted by Crippen LogP contribution is -2.13. The molecule has 120 valence electrons. The predicted octanol–water partition coefficient (Wildman–Crippen LogP) is 4.81. The quantitative estimate of drug-likeness (QED) is 0.732. The molecule has 0 spiro atoms. The van der Waals surface area contributed by atoms with E-state index >= 15 is 0 Å². The fraction of sp³-hybridized carbons (Fsp3) is 0.143. The summed E-state index contributed by atoms with van der Waals surface area (Å²) in [5.41, 5.74) is 3.60. The van der Waals surface area contributed by atoms with Gasteiger partial charge in [0.25, 0.3) is 0 Å². The van der Waals surface area contributed by atoms with Crippen LogP contribution in [0.15, 0.2) is 78.9 Å². The van der Waals surface area contributed by atoms with E-state index in [0.717, 1.165) is 23.6 Å². The van der Waals surface area contributed by atoms with E-state index < -0.39 is 0 Å². The standard InChI is InChI=1S/C21H19NO2/c1-3-7-17(8-4-1)19(22-18-9-5-2-6-10-18)13-16-11-12-20-21(14-16)24-15-23-20/h1-12,14,19,22H,13,15H2. The second kappa shape index (κ2) is 6.67. The summed E-state index contributed by atoms with van der Waals surface area (Å²) in [4.78, 5) is 0. The van der Waals surface area contributed by atoms with Crippen molar-refractivity contribution in [2.45, 2.75) is 12.5 Å². The first-order valence-corrected chi connectivity index (χ1v) is 8.13. The molecule has 1 N–H and O–H groups in total. The average Bonchev–Trinajstić information content (AvgIpc) is 3.11. The van der Waals surface area contributed by atoms with Gasteiger partial charge in [-0.1, -0.05) is 54.6 Å². The molecule has 0 aromatic heterocycles. The van der Waals surface area contributed by atoms with Crippen LogP contribution in [0.1, 0.15) is 17.2 Å². The van der Waals surface area contributed by atoms with Gasteiger partial charge in [-0.15, -0.1) is 0 Å². The third-order valence-corrected chi connectivity index (χ3v) is 4.19. The molecule has 0 fully saturated rings. The minimum atomic E-state index is 0.189. The van der Waals surface area contributed by atoms with Gasteiger partial charge in [0.15, 0.2) is 11.5 Å². The van der Waals surface area contributed by atoms with Crippen LogP contribution in [0.3, 0.4) is 0 Å². The van der Waals surface area contributed by atoms with Crippen molar-refractivity contribution < 1.29 is 9.47 Å². The average molecular weight is 317 g/mol. The van der Waals surface area contributed by atoms with E-state index in [4.69, 9.17) is 9.47 Å². The molecule has 1 aliphatic heterocycles. The Hall–Kier alpha value is -2.94. The number of nitrogens with one attached hydrogen (secondary N) is 1. The number of hydrogen-bond acceptors (Lipinski definition) is 3. The molecule has 0 radical (unpaired) electrons. The molecule has 4 rings (SSSR count). The molecule has 3 heteroatoms. The zero-order valence-electron chi connectivity index (χ0n) is 13.3. The lowest BCUT2D eigenvalue weighted by atomic mass is 9.98. The topological polar surface area (TPSA) is 30.5 Å². The Morgan fingerprint density at radius 3 is 2.29 bits per heavy atom. The maximum Gasteiger partial charge on any atom is 0.231 e. The lowest BCUT2D eigenvalue weighted by Gasteiger charge is -2.21. The first kappa shape index (κ1) is 14.6. The highest BCUT2D eigenvalue weighted by molar-refractivity contribution is 5.48. The summed E-state index contributed by atoms with van der Waals surface area (Å²) in [7, 11) is 0. The normalized spacial score (nSPS) is 13.5. The summed E-state index contributed by atoms with van der Waals surface area (Å²) < 4.78 is 10.9. The molecule has 1 atom stereocenters. The monoisotopic (exact) mass is 317 g/mol. The van der Waals surface area contributed by atoms with Gasteiger partial charge in [0.05, 0.1) is 6.04 Å². The van der Waals surface area contributed by atoms with Gasteiger partial charge in [-0.05, 0) is 41.8 Å². The number of para-hydroxylation sites is 1. The highest BCUT2D eigenvalue weighted by Crippen LogP contribution is 2.34.